The molecular weight excluding hydrogens is 302 g/mol. The van der Waals surface area contributed by atoms with E-state index in [4.69, 9.17) is 0 Å². The fraction of sp³-hybridized carbons (Fsp3) is 0. The number of pyridine rings is 1. The third-order valence-corrected chi connectivity index (χ3v) is 4.64. The van der Waals surface area contributed by atoms with Crippen molar-refractivity contribution in [3.05, 3.63) is 84.4 Å². The van der Waals surface area contributed by atoms with Crippen LogP contribution in [0.2, 0.25) is 0 Å². The highest BCUT2D eigenvalue weighted by atomic mass is 32.2. The highest BCUT2D eigenvalue weighted by Crippen LogP contribution is 2.31. The van der Waals surface area contributed by atoms with Crippen molar-refractivity contribution in [3.63, 3.8) is 0 Å². The number of aromatic nitrogens is 1. The Bertz CT molecular complexity index is 958. The monoisotopic (exact) mass is 315 g/mol. The first-order valence-electron chi connectivity index (χ1n) is 7.37. The minimum atomic E-state index is 0.0472. The molecule has 0 amide bonds. The van der Waals surface area contributed by atoms with Crippen LogP contribution in [0.25, 0.3) is 21.8 Å². The highest BCUT2D eigenvalue weighted by molar-refractivity contribution is 8.14. The molecule has 0 aliphatic heterocycles. The van der Waals surface area contributed by atoms with E-state index in [1.165, 1.54) is 11.8 Å². The summed E-state index contributed by atoms with van der Waals surface area (Å²) in [5.74, 6) is 0. The lowest BCUT2D eigenvalue weighted by atomic mass is 10.0. The maximum atomic E-state index is 13.0. The summed E-state index contributed by atoms with van der Waals surface area (Å²) >= 11 is 1.26. The van der Waals surface area contributed by atoms with Gasteiger partial charge in [-0.05, 0) is 36.0 Å². The van der Waals surface area contributed by atoms with E-state index in [-0.39, 0.29) is 5.12 Å². The quantitative estimate of drug-likeness (QED) is 0.370. The van der Waals surface area contributed by atoms with Gasteiger partial charge in [0.2, 0.25) is 5.12 Å². The van der Waals surface area contributed by atoms with Gasteiger partial charge >= 0.3 is 0 Å². The minimum absolute atomic E-state index is 0.0472. The van der Waals surface area contributed by atoms with Gasteiger partial charge in [0.15, 0.2) is 0 Å². The zero-order valence-corrected chi connectivity index (χ0v) is 13.1. The van der Waals surface area contributed by atoms with Crippen molar-refractivity contribution in [1.82, 2.24) is 4.98 Å². The molecule has 0 atom stereocenters. The first-order valence-corrected chi connectivity index (χ1v) is 8.19. The summed E-state index contributed by atoms with van der Waals surface area (Å²) in [4.78, 5) is 18.6. The second kappa shape index (κ2) is 5.86. The van der Waals surface area contributed by atoms with Crippen LogP contribution in [0.4, 0.5) is 0 Å². The Morgan fingerprint density at radius 3 is 1.83 bits per heavy atom. The van der Waals surface area contributed by atoms with Crippen LogP contribution in [0.5, 0.6) is 0 Å². The number of fused-ring (bicyclic) bond motifs is 2. The van der Waals surface area contributed by atoms with Crippen LogP contribution in [-0.2, 0) is 0 Å². The molecule has 0 radical (unpaired) electrons. The largest absolute Gasteiger partial charge is 0.281 e. The topological polar surface area (TPSA) is 30.0 Å². The number of para-hydroxylation sites is 2. The number of carbonyl (C=O) groups is 1. The average molecular weight is 315 g/mol. The van der Waals surface area contributed by atoms with Crippen LogP contribution in [0.1, 0.15) is 10.4 Å². The molecule has 0 spiro atoms. The molecule has 0 saturated heterocycles. The smallest absolute Gasteiger partial charge is 0.225 e. The van der Waals surface area contributed by atoms with Gasteiger partial charge in [-0.3, -0.25) is 4.79 Å². The number of carbonyl (C=O) groups excluding carboxylic acids is 1. The van der Waals surface area contributed by atoms with Crippen molar-refractivity contribution in [2.24, 2.45) is 0 Å². The molecule has 4 aromatic rings. The molecule has 0 fully saturated rings. The lowest BCUT2D eigenvalue weighted by Crippen LogP contribution is -1.98. The van der Waals surface area contributed by atoms with Gasteiger partial charge in [-0.25, -0.2) is 4.98 Å². The molecule has 4 rings (SSSR count). The van der Waals surface area contributed by atoms with E-state index in [2.05, 4.69) is 4.98 Å². The molecule has 0 unspecified atom stereocenters. The Balaban J connectivity index is 1.94. The molecule has 1 heterocycles. The van der Waals surface area contributed by atoms with Gasteiger partial charge in [-0.1, -0.05) is 54.6 Å². The lowest BCUT2D eigenvalue weighted by molar-refractivity contribution is 0.109. The SMILES string of the molecule is O=C(Sc1ccccc1)c1c2ccccc2nc2ccccc12. The van der Waals surface area contributed by atoms with Crippen molar-refractivity contribution < 1.29 is 4.79 Å². The summed E-state index contributed by atoms with van der Waals surface area (Å²) in [5, 5.41) is 1.85. The van der Waals surface area contributed by atoms with Gasteiger partial charge in [0, 0.05) is 21.2 Å². The Labute approximate surface area is 138 Å². The molecule has 1 aromatic heterocycles. The second-order valence-electron chi connectivity index (χ2n) is 5.22. The van der Waals surface area contributed by atoms with Crippen LogP contribution in [0.3, 0.4) is 0 Å². The number of thioether (sulfide) groups is 1. The van der Waals surface area contributed by atoms with E-state index in [0.717, 1.165) is 32.3 Å². The molecular formula is C20H13NOS. The van der Waals surface area contributed by atoms with Gasteiger partial charge in [0.05, 0.1) is 11.0 Å². The molecule has 0 N–H and O–H groups in total. The van der Waals surface area contributed by atoms with Crippen molar-refractivity contribution in [3.8, 4) is 0 Å². The predicted molar refractivity (Wildman–Crippen MR) is 95.9 cm³/mol. The van der Waals surface area contributed by atoms with Gasteiger partial charge in [-0.15, -0.1) is 0 Å². The normalized spacial score (nSPS) is 11.0. The summed E-state index contributed by atoms with van der Waals surface area (Å²) in [5.41, 5.74) is 2.44. The fourth-order valence-corrected chi connectivity index (χ4v) is 3.54. The summed E-state index contributed by atoms with van der Waals surface area (Å²) < 4.78 is 0. The number of benzene rings is 3. The molecule has 3 heteroatoms. The first kappa shape index (κ1) is 14.0. The lowest BCUT2D eigenvalue weighted by Gasteiger charge is -2.09. The zero-order chi connectivity index (χ0) is 15.6. The molecule has 2 nitrogen and oxygen atoms in total. The maximum Gasteiger partial charge on any atom is 0.225 e. The van der Waals surface area contributed by atoms with Crippen LogP contribution in [-0.4, -0.2) is 10.1 Å². The molecule has 3 aromatic carbocycles. The Morgan fingerprint density at radius 2 is 1.22 bits per heavy atom. The van der Waals surface area contributed by atoms with Crippen molar-refractivity contribution in [2.45, 2.75) is 4.90 Å². The van der Waals surface area contributed by atoms with Gasteiger partial charge < -0.3 is 0 Å². The van der Waals surface area contributed by atoms with Crippen molar-refractivity contribution >= 4 is 38.7 Å². The molecule has 0 aliphatic carbocycles. The van der Waals surface area contributed by atoms with E-state index >= 15 is 0 Å². The predicted octanol–water partition coefficient (Wildman–Crippen LogP) is 5.32. The van der Waals surface area contributed by atoms with E-state index in [1.54, 1.807) is 0 Å². The van der Waals surface area contributed by atoms with Crippen molar-refractivity contribution in [2.75, 3.05) is 0 Å². The first-order chi connectivity index (χ1) is 11.3. The summed E-state index contributed by atoms with van der Waals surface area (Å²) in [6, 6.07) is 25.4. The van der Waals surface area contributed by atoms with Crippen LogP contribution in [0, 0.1) is 0 Å². The third-order valence-electron chi connectivity index (χ3n) is 3.75. The molecule has 0 saturated carbocycles. The Morgan fingerprint density at radius 1 is 0.696 bits per heavy atom. The Hall–Kier alpha value is -2.65. The highest BCUT2D eigenvalue weighted by Gasteiger charge is 2.16. The van der Waals surface area contributed by atoms with Gasteiger partial charge in [0.1, 0.15) is 0 Å². The van der Waals surface area contributed by atoms with E-state index in [9.17, 15) is 4.79 Å². The summed E-state index contributed by atoms with van der Waals surface area (Å²) in [7, 11) is 0. The van der Waals surface area contributed by atoms with Crippen LogP contribution < -0.4 is 0 Å². The van der Waals surface area contributed by atoms with E-state index in [1.807, 2.05) is 78.9 Å². The second-order valence-corrected chi connectivity index (χ2v) is 6.27. The van der Waals surface area contributed by atoms with E-state index in [0.29, 0.717) is 0 Å². The van der Waals surface area contributed by atoms with Crippen LogP contribution in [0.15, 0.2) is 83.8 Å². The zero-order valence-electron chi connectivity index (χ0n) is 12.3. The molecule has 0 aliphatic rings. The van der Waals surface area contributed by atoms with Gasteiger partial charge in [-0.2, -0.15) is 0 Å². The molecule has 110 valence electrons. The molecule has 0 bridgehead atoms. The minimum Gasteiger partial charge on any atom is -0.281 e. The van der Waals surface area contributed by atoms with Gasteiger partial charge in [0.25, 0.3) is 0 Å². The molecule has 23 heavy (non-hydrogen) atoms. The standard InChI is InChI=1S/C20H13NOS/c22-20(23-14-8-2-1-3-9-14)19-15-10-4-6-12-17(15)21-18-13-7-5-11-16(18)19/h1-13H. The Kier molecular flexibility index (Phi) is 3.56. The number of hydrogen-bond donors (Lipinski definition) is 0. The third kappa shape index (κ3) is 2.60. The average Bonchev–Trinajstić information content (AvgIpc) is 2.60. The number of rotatable bonds is 2. The van der Waals surface area contributed by atoms with Crippen molar-refractivity contribution in [1.29, 1.82) is 0 Å². The van der Waals surface area contributed by atoms with Crippen LogP contribution >= 0.6 is 11.8 Å². The summed E-state index contributed by atoms with van der Waals surface area (Å²) in [6.45, 7) is 0. The van der Waals surface area contributed by atoms with E-state index < -0.39 is 0 Å². The summed E-state index contributed by atoms with van der Waals surface area (Å²) in [6.07, 6.45) is 0. The number of hydrogen-bond acceptors (Lipinski definition) is 3. The maximum absolute atomic E-state index is 13.0. The number of nitrogens with zero attached hydrogens (tertiary/aromatic N) is 1. The fourth-order valence-electron chi connectivity index (χ4n) is 2.71.